The van der Waals surface area contributed by atoms with Gasteiger partial charge in [-0.15, -0.1) is 0 Å². The summed E-state index contributed by atoms with van der Waals surface area (Å²) in [6.07, 6.45) is 0. The minimum Gasteiger partial charge on any atom is -0.480 e. The molecule has 0 radical (unpaired) electrons. The molecule has 0 saturated heterocycles. The Hall–Kier alpha value is -1.48. The molecule has 2 rings (SSSR count). The highest BCUT2D eigenvalue weighted by molar-refractivity contribution is 6.35. The van der Waals surface area contributed by atoms with E-state index >= 15 is 0 Å². The highest BCUT2D eigenvalue weighted by atomic mass is 35.5. The molecule has 4 heteroatoms. The largest absolute Gasteiger partial charge is 0.480 e. The Kier molecular flexibility index (Phi) is 2.64. The van der Waals surface area contributed by atoms with Gasteiger partial charge < -0.3 is 9.67 Å². The fourth-order valence-corrected chi connectivity index (χ4v) is 2.36. The van der Waals surface area contributed by atoms with Gasteiger partial charge in [0.2, 0.25) is 0 Å². The van der Waals surface area contributed by atoms with Crippen LogP contribution in [-0.4, -0.2) is 15.6 Å². The summed E-state index contributed by atoms with van der Waals surface area (Å²) in [6, 6.07) is 5.81. The van der Waals surface area contributed by atoms with E-state index in [-0.39, 0.29) is 6.54 Å². The smallest absolute Gasteiger partial charge is 0.323 e. The average molecular weight is 238 g/mol. The summed E-state index contributed by atoms with van der Waals surface area (Å²) in [7, 11) is 0. The lowest BCUT2D eigenvalue weighted by Gasteiger charge is -2.06. The molecule has 16 heavy (non-hydrogen) atoms. The zero-order chi connectivity index (χ0) is 11.9. The summed E-state index contributed by atoms with van der Waals surface area (Å²) >= 11 is 6.15. The van der Waals surface area contributed by atoms with Crippen LogP contribution in [0.3, 0.4) is 0 Å². The Morgan fingerprint density at radius 3 is 2.69 bits per heavy atom. The fraction of sp³-hybridized carbons (Fsp3) is 0.250. The van der Waals surface area contributed by atoms with Gasteiger partial charge in [-0.3, -0.25) is 4.79 Å². The first-order chi connectivity index (χ1) is 7.49. The number of aryl methyl sites for hydroxylation is 2. The van der Waals surface area contributed by atoms with Crippen LogP contribution in [0.2, 0.25) is 5.02 Å². The first-order valence-corrected chi connectivity index (χ1v) is 5.34. The molecule has 0 saturated carbocycles. The number of carboxylic acid groups (broad SMARTS) is 1. The maximum atomic E-state index is 10.8. The quantitative estimate of drug-likeness (QED) is 0.873. The van der Waals surface area contributed by atoms with Crippen LogP contribution < -0.4 is 0 Å². The molecule has 0 amide bonds. The van der Waals surface area contributed by atoms with E-state index in [0.29, 0.717) is 5.02 Å². The van der Waals surface area contributed by atoms with Crippen molar-refractivity contribution in [3.63, 3.8) is 0 Å². The van der Waals surface area contributed by atoms with Gasteiger partial charge in [0.25, 0.3) is 0 Å². The van der Waals surface area contributed by atoms with Gasteiger partial charge in [0.15, 0.2) is 0 Å². The lowest BCUT2D eigenvalue weighted by atomic mass is 10.2. The summed E-state index contributed by atoms with van der Waals surface area (Å²) in [5.41, 5.74) is 2.78. The summed E-state index contributed by atoms with van der Waals surface area (Å²) in [5, 5.41) is 10.4. The molecule has 3 nitrogen and oxygen atoms in total. The number of hydrogen-bond acceptors (Lipinski definition) is 1. The zero-order valence-electron chi connectivity index (χ0n) is 9.12. The van der Waals surface area contributed by atoms with E-state index in [1.807, 2.05) is 32.0 Å². The van der Waals surface area contributed by atoms with E-state index in [4.69, 9.17) is 16.7 Å². The minimum atomic E-state index is -0.864. The topological polar surface area (TPSA) is 42.2 Å². The monoisotopic (exact) mass is 237 g/mol. The van der Waals surface area contributed by atoms with Crippen molar-refractivity contribution in [3.05, 3.63) is 34.5 Å². The van der Waals surface area contributed by atoms with Gasteiger partial charge >= 0.3 is 5.97 Å². The molecule has 1 N–H and O–H groups in total. The van der Waals surface area contributed by atoms with Crippen molar-refractivity contribution >= 4 is 28.5 Å². The minimum absolute atomic E-state index is 0.0574. The molecule has 2 aromatic rings. The predicted molar refractivity (Wildman–Crippen MR) is 64.1 cm³/mol. The molecule has 0 fully saturated rings. The third kappa shape index (κ3) is 1.78. The molecule has 0 bridgehead atoms. The number of aliphatic carboxylic acids is 1. The molecule has 0 atom stereocenters. The normalized spacial score (nSPS) is 10.9. The molecule has 1 heterocycles. The summed E-state index contributed by atoms with van der Waals surface area (Å²) in [6.45, 7) is 3.79. The van der Waals surface area contributed by atoms with Gasteiger partial charge in [0.05, 0.1) is 10.5 Å². The van der Waals surface area contributed by atoms with Gasteiger partial charge in [-0.25, -0.2) is 0 Å². The molecular formula is C12H12ClNO2. The molecule has 0 aliphatic heterocycles. The van der Waals surface area contributed by atoms with Crippen LogP contribution in [0, 0.1) is 13.8 Å². The summed E-state index contributed by atoms with van der Waals surface area (Å²) in [4.78, 5) is 10.8. The van der Waals surface area contributed by atoms with E-state index in [1.165, 1.54) is 0 Å². The number of carboxylic acids is 1. The van der Waals surface area contributed by atoms with E-state index in [2.05, 4.69) is 0 Å². The van der Waals surface area contributed by atoms with E-state index in [1.54, 1.807) is 4.57 Å². The fourth-order valence-electron chi connectivity index (χ4n) is 1.97. The second-order valence-corrected chi connectivity index (χ2v) is 4.36. The van der Waals surface area contributed by atoms with Gasteiger partial charge in [0, 0.05) is 11.1 Å². The number of halogens is 1. The van der Waals surface area contributed by atoms with Gasteiger partial charge in [-0.2, -0.15) is 0 Å². The SMILES string of the molecule is Cc1cc(Cl)c2c(c1)cc(C)n2CC(=O)O. The van der Waals surface area contributed by atoms with Crippen LogP contribution in [0.4, 0.5) is 0 Å². The number of nitrogens with zero attached hydrogens (tertiary/aromatic N) is 1. The number of carbonyl (C=O) groups is 1. The zero-order valence-corrected chi connectivity index (χ0v) is 9.88. The lowest BCUT2D eigenvalue weighted by Crippen LogP contribution is -2.09. The van der Waals surface area contributed by atoms with E-state index in [9.17, 15) is 4.79 Å². The van der Waals surface area contributed by atoms with Crippen LogP contribution >= 0.6 is 11.6 Å². The Balaban J connectivity index is 2.73. The van der Waals surface area contributed by atoms with Crippen molar-refractivity contribution in [2.45, 2.75) is 20.4 Å². The highest BCUT2D eigenvalue weighted by Gasteiger charge is 2.11. The molecule has 0 unspecified atom stereocenters. The first-order valence-electron chi connectivity index (χ1n) is 4.97. The van der Waals surface area contributed by atoms with Gasteiger partial charge in [0.1, 0.15) is 6.54 Å². The third-order valence-corrected chi connectivity index (χ3v) is 2.88. The van der Waals surface area contributed by atoms with Crippen molar-refractivity contribution in [1.29, 1.82) is 0 Å². The Morgan fingerprint density at radius 1 is 1.38 bits per heavy atom. The van der Waals surface area contributed by atoms with Crippen LogP contribution in [0.25, 0.3) is 10.9 Å². The van der Waals surface area contributed by atoms with Crippen molar-refractivity contribution in [2.24, 2.45) is 0 Å². The number of fused-ring (bicyclic) bond motifs is 1. The van der Waals surface area contributed by atoms with Gasteiger partial charge in [-0.05, 0) is 37.6 Å². The molecule has 0 aliphatic carbocycles. The number of hydrogen-bond donors (Lipinski definition) is 1. The molecule has 84 valence electrons. The van der Waals surface area contributed by atoms with Crippen molar-refractivity contribution < 1.29 is 9.90 Å². The molecule has 0 spiro atoms. The van der Waals surface area contributed by atoms with Crippen molar-refractivity contribution in [1.82, 2.24) is 4.57 Å². The number of aromatic nitrogens is 1. The average Bonchev–Trinajstić information content (AvgIpc) is 2.41. The van der Waals surface area contributed by atoms with Crippen LogP contribution in [0.5, 0.6) is 0 Å². The number of rotatable bonds is 2. The van der Waals surface area contributed by atoms with Crippen molar-refractivity contribution in [2.75, 3.05) is 0 Å². The van der Waals surface area contributed by atoms with E-state index < -0.39 is 5.97 Å². The highest BCUT2D eigenvalue weighted by Crippen LogP contribution is 2.28. The Labute approximate surface area is 98.3 Å². The molecule has 0 aliphatic rings. The Bertz CT molecular complexity index is 572. The number of benzene rings is 1. The third-order valence-electron chi connectivity index (χ3n) is 2.59. The van der Waals surface area contributed by atoms with Crippen LogP contribution in [0.15, 0.2) is 18.2 Å². The van der Waals surface area contributed by atoms with Crippen LogP contribution in [0.1, 0.15) is 11.3 Å². The van der Waals surface area contributed by atoms with E-state index in [0.717, 1.165) is 22.2 Å². The maximum absolute atomic E-state index is 10.8. The Morgan fingerprint density at radius 2 is 2.06 bits per heavy atom. The van der Waals surface area contributed by atoms with Crippen molar-refractivity contribution in [3.8, 4) is 0 Å². The summed E-state index contributed by atoms with van der Waals surface area (Å²) in [5.74, 6) is -0.864. The molecular weight excluding hydrogens is 226 g/mol. The summed E-state index contributed by atoms with van der Waals surface area (Å²) < 4.78 is 1.72. The lowest BCUT2D eigenvalue weighted by molar-refractivity contribution is -0.137. The predicted octanol–water partition coefficient (Wildman–Crippen LogP) is 3.00. The second-order valence-electron chi connectivity index (χ2n) is 3.95. The first kappa shape index (κ1) is 11.0. The van der Waals surface area contributed by atoms with Gasteiger partial charge in [-0.1, -0.05) is 11.6 Å². The molecule has 1 aromatic carbocycles. The standard InChI is InChI=1S/C12H12ClNO2/c1-7-3-9-5-8(2)14(6-11(15)16)12(9)10(13)4-7/h3-5H,6H2,1-2H3,(H,15,16). The second kappa shape index (κ2) is 3.83. The van der Waals surface area contributed by atoms with Crippen LogP contribution in [-0.2, 0) is 11.3 Å². The maximum Gasteiger partial charge on any atom is 0.323 e. The molecule has 1 aromatic heterocycles.